The molecule has 0 unspecified atom stereocenters. The molecule has 0 radical (unpaired) electrons. The van der Waals surface area contributed by atoms with Crippen LogP contribution in [-0.2, 0) is 9.05 Å². The summed E-state index contributed by atoms with van der Waals surface area (Å²) in [5.74, 6) is 0.159. The van der Waals surface area contributed by atoms with Gasteiger partial charge in [0, 0.05) is 15.2 Å². The predicted octanol–water partition coefficient (Wildman–Crippen LogP) is 4.74. The molecule has 0 atom stereocenters. The quantitative estimate of drug-likeness (QED) is 0.703. The Morgan fingerprint density at radius 1 is 1.21 bits per heavy atom. The van der Waals surface area contributed by atoms with Crippen LogP contribution in [0.1, 0.15) is 32.1 Å². The van der Waals surface area contributed by atoms with Gasteiger partial charge in [0.25, 0.3) is 9.05 Å². The van der Waals surface area contributed by atoms with Gasteiger partial charge in [0.05, 0.1) is 11.1 Å². The van der Waals surface area contributed by atoms with Gasteiger partial charge in [-0.3, -0.25) is 0 Å². The second-order valence-electron chi connectivity index (χ2n) is 4.53. The number of rotatable bonds is 3. The molecule has 0 aromatic heterocycles. The molecule has 2 rings (SSSR count). The Labute approximate surface area is 130 Å². The summed E-state index contributed by atoms with van der Waals surface area (Å²) in [6.45, 7) is 0. The van der Waals surface area contributed by atoms with Crippen molar-refractivity contribution in [3.63, 3.8) is 0 Å². The van der Waals surface area contributed by atoms with Gasteiger partial charge in [0.15, 0.2) is 5.75 Å². The first-order valence-corrected chi connectivity index (χ1v) is 9.46. The zero-order valence-electron chi connectivity index (χ0n) is 10.0. The third kappa shape index (κ3) is 4.00. The van der Waals surface area contributed by atoms with Crippen molar-refractivity contribution >= 4 is 47.3 Å². The number of hydrogen-bond acceptors (Lipinski definition) is 3. The maximum atomic E-state index is 11.6. The third-order valence-corrected chi connectivity index (χ3v) is 5.14. The summed E-state index contributed by atoms with van der Waals surface area (Å²) in [6.07, 6.45) is 5.19. The van der Waals surface area contributed by atoms with Gasteiger partial charge in [-0.1, -0.05) is 34.0 Å². The molecule has 0 heterocycles. The van der Waals surface area contributed by atoms with E-state index >= 15 is 0 Å². The highest BCUT2D eigenvalue weighted by atomic mass is 79.9. The highest BCUT2D eigenvalue weighted by Crippen LogP contribution is 2.39. The minimum absolute atomic E-state index is 0.00425. The molecule has 1 aliphatic carbocycles. The predicted molar refractivity (Wildman–Crippen MR) is 79.7 cm³/mol. The van der Waals surface area contributed by atoms with Crippen LogP contribution < -0.4 is 4.74 Å². The highest BCUT2D eigenvalue weighted by Gasteiger charge is 2.24. The fraction of sp³-hybridized carbons (Fsp3) is 0.500. The van der Waals surface area contributed by atoms with E-state index in [9.17, 15) is 8.42 Å². The molecular weight excluding hydrogens is 375 g/mol. The van der Waals surface area contributed by atoms with E-state index in [1.807, 2.05) is 0 Å². The van der Waals surface area contributed by atoms with Gasteiger partial charge < -0.3 is 4.74 Å². The van der Waals surface area contributed by atoms with Gasteiger partial charge in [-0.25, -0.2) is 8.42 Å². The summed E-state index contributed by atoms with van der Waals surface area (Å²) < 4.78 is 29.5. The number of hydrogen-bond donors (Lipinski definition) is 0. The summed E-state index contributed by atoms with van der Waals surface area (Å²) in [6, 6.07) is 3.01. The maximum Gasteiger partial charge on any atom is 0.265 e. The minimum atomic E-state index is -3.90. The fourth-order valence-electron chi connectivity index (χ4n) is 2.18. The topological polar surface area (TPSA) is 43.4 Å². The molecule has 1 saturated carbocycles. The van der Waals surface area contributed by atoms with Crippen LogP contribution in [0.25, 0.3) is 0 Å². The third-order valence-electron chi connectivity index (χ3n) is 3.07. The fourth-order valence-corrected chi connectivity index (χ4v) is 4.23. The lowest BCUT2D eigenvalue weighted by atomic mass is 9.98. The Kier molecular flexibility index (Phi) is 5.04. The van der Waals surface area contributed by atoms with E-state index in [-0.39, 0.29) is 21.8 Å². The Balaban J connectivity index is 2.37. The van der Waals surface area contributed by atoms with Crippen LogP contribution in [0, 0.1) is 0 Å². The lowest BCUT2D eigenvalue weighted by Crippen LogP contribution is -2.20. The molecule has 106 valence electrons. The summed E-state index contributed by atoms with van der Waals surface area (Å²) >= 11 is 9.28. The molecule has 0 aliphatic heterocycles. The molecular formula is C12H13BrCl2O3S. The van der Waals surface area contributed by atoms with Crippen LogP contribution in [0.3, 0.4) is 0 Å². The Hall–Kier alpha value is 0.0300. The SMILES string of the molecule is O=S(=O)(Cl)c1cc(Br)cc(Cl)c1OC1CCCCC1. The Bertz CT molecular complexity index is 569. The largest absolute Gasteiger partial charge is 0.487 e. The van der Waals surface area contributed by atoms with E-state index in [0.29, 0.717) is 4.47 Å². The Morgan fingerprint density at radius 2 is 1.84 bits per heavy atom. The van der Waals surface area contributed by atoms with Crippen LogP contribution in [0.2, 0.25) is 5.02 Å². The molecule has 1 aromatic rings. The molecule has 1 aliphatic rings. The van der Waals surface area contributed by atoms with Crippen molar-refractivity contribution in [3.05, 3.63) is 21.6 Å². The van der Waals surface area contributed by atoms with Gasteiger partial charge in [-0.15, -0.1) is 0 Å². The van der Waals surface area contributed by atoms with Crippen molar-refractivity contribution < 1.29 is 13.2 Å². The summed E-state index contributed by atoms with van der Waals surface area (Å²) in [5.41, 5.74) is 0. The van der Waals surface area contributed by atoms with E-state index in [1.54, 1.807) is 6.07 Å². The van der Waals surface area contributed by atoms with Gasteiger partial charge >= 0.3 is 0 Å². The van der Waals surface area contributed by atoms with Crippen molar-refractivity contribution in [2.75, 3.05) is 0 Å². The van der Waals surface area contributed by atoms with Crippen molar-refractivity contribution in [1.29, 1.82) is 0 Å². The van der Waals surface area contributed by atoms with Crippen LogP contribution in [-0.4, -0.2) is 14.5 Å². The second kappa shape index (κ2) is 6.20. The lowest BCUT2D eigenvalue weighted by molar-refractivity contribution is 0.151. The molecule has 3 nitrogen and oxygen atoms in total. The summed E-state index contributed by atoms with van der Waals surface area (Å²) in [4.78, 5) is -0.0842. The first-order chi connectivity index (χ1) is 8.88. The van der Waals surface area contributed by atoms with Crippen molar-refractivity contribution in [1.82, 2.24) is 0 Å². The molecule has 7 heteroatoms. The van der Waals surface area contributed by atoms with Crippen molar-refractivity contribution in [3.8, 4) is 5.75 Å². The highest BCUT2D eigenvalue weighted by molar-refractivity contribution is 9.10. The van der Waals surface area contributed by atoms with Crippen LogP contribution in [0.15, 0.2) is 21.5 Å². The van der Waals surface area contributed by atoms with Gasteiger partial charge in [0.2, 0.25) is 0 Å². The molecule has 19 heavy (non-hydrogen) atoms. The average Bonchev–Trinajstić information content (AvgIpc) is 2.32. The number of ether oxygens (including phenoxy) is 1. The Morgan fingerprint density at radius 3 is 2.42 bits per heavy atom. The first kappa shape index (κ1) is 15.4. The van der Waals surface area contributed by atoms with Gasteiger partial charge in [-0.05, 0) is 37.8 Å². The van der Waals surface area contributed by atoms with Gasteiger partial charge in [0.1, 0.15) is 4.90 Å². The van der Waals surface area contributed by atoms with E-state index in [4.69, 9.17) is 27.0 Å². The van der Waals surface area contributed by atoms with Crippen LogP contribution >= 0.6 is 38.2 Å². The van der Waals surface area contributed by atoms with Gasteiger partial charge in [-0.2, -0.15) is 0 Å². The molecule has 0 amide bonds. The smallest absolute Gasteiger partial charge is 0.265 e. The lowest BCUT2D eigenvalue weighted by Gasteiger charge is -2.24. The summed E-state index contributed by atoms with van der Waals surface area (Å²) in [7, 11) is 1.54. The maximum absolute atomic E-state index is 11.6. The normalized spacial score (nSPS) is 17.4. The van der Waals surface area contributed by atoms with E-state index in [0.717, 1.165) is 25.7 Å². The van der Waals surface area contributed by atoms with Crippen molar-refractivity contribution in [2.24, 2.45) is 0 Å². The first-order valence-electron chi connectivity index (χ1n) is 5.98. The number of benzene rings is 1. The van der Waals surface area contributed by atoms with Crippen molar-refractivity contribution in [2.45, 2.75) is 43.1 Å². The zero-order chi connectivity index (χ0) is 14.0. The average molecular weight is 388 g/mol. The second-order valence-corrected chi connectivity index (χ2v) is 8.39. The minimum Gasteiger partial charge on any atom is -0.487 e. The van der Waals surface area contributed by atoms with E-state index in [2.05, 4.69) is 15.9 Å². The van der Waals surface area contributed by atoms with Crippen LogP contribution in [0.5, 0.6) is 5.75 Å². The molecule has 0 spiro atoms. The standard InChI is InChI=1S/C12H13BrCl2O3S/c13-8-6-10(14)12(11(7-8)19(15,16)17)18-9-4-2-1-3-5-9/h6-7,9H,1-5H2. The van der Waals surface area contributed by atoms with Crippen LogP contribution in [0.4, 0.5) is 0 Å². The molecule has 0 N–H and O–H groups in total. The molecule has 0 bridgehead atoms. The number of halogens is 3. The monoisotopic (exact) mass is 386 g/mol. The molecule has 0 saturated heterocycles. The molecule has 1 fully saturated rings. The van der Waals surface area contributed by atoms with E-state index in [1.165, 1.54) is 12.5 Å². The summed E-state index contributed by atoms with van der Waals surface area (Å²) in [5, 5.41) is 0.249. The molecule has 1 aromatic carbocycles. The van der Waals surface area contributed by atoms with E-state index < -0.39 is 9.05 Å². The zero-order valence-corrected chi connectivity index (χ0v) is 13.9.